The van der Waals surface area contributed by atoms with Gasteiger partial charge < -0.3 is 0 Å². The molecular weight excluding hydrogens is 216 g/mol. The summed E-state index contributed by atoms with van der Waals surface area (Å²) in [4.78, 5) is 3.78. The van der Waals surface area contributed by atoms with E-state index in [0.29, 0.717) is 0 Å². The summed E-state index contributed by atoms with van der Waals surface area (Å²) in [6.45, 7) is 2.08. The molecule has 0 radical (unpaired) electrons. The Balaban J connectivity index is 0.000000230. The van der Waals surface area contributed by atoms with Crippen LogP contribution >= 0.6 is 12.2 Å². The summed E-state index contributed by atoms with van der Waals surface area (Å²) < 4.78 is 0. The Hall–Kier alpha value is -1.83. The minimum absolute atomic E-state index is 1.32. The van der Waals surface area contributed by atoms with Crippen LogP contribution in [0.3, 0.4) is 0 Å². The van der Waals surface area contributed by atoms with Gasteiger partial charge in [0.15, 0.2) is 0 Å². The first-order valence-corrected chi connectivity index (χ1v) is 5.12. The number of isothiocyanates is 1. The third-order valence-corrected chi connectivity index (χ3v) is 1.51. The minimum Gasteiger partial charge on any atom is -0.265 e. The van der Waals surface area contributed by atoms with E-state index in [0.717, 1.165) is 0 Å². The summed E-state index contributed by atoms with van der Waals surface area (Å²) in [6.07, 6.45) is 3.50. The molecule has 0 unspecified atom stereocenters. The van der Waals surface area contributed by atoms with Gasteiger partial charge >= 0.3 is 0 Å². The van der Waals surface area contributed by atoms with E-state index < -0.39 is 0 Å². The molecule has 1 aromatic heterocycles. The molecule has 0 bridgehead atoms. The average molecular weight is 230 g/mol. The third kappa shape index (κ3) is 10.3. The number of aromatic nitrogens is 1. The normalized spacial score (nSPS) is 7.31. The topological polar surface area (TPSA) is 36.7 Å². The Labute approximate surface area is 101 Å². The fourth-order valence-electron chi connectivity index (χ4n) is 0.847. The fourth-order valence-corrected chi connectivity index (χ4v) is 0.847. The maximum atomic E-state index is 5.77. The van der Waals surface area contributed by atoms with Crippen molar-refractivity contribution >= 4 is 17.4 Å². The van der Waals surface area contributed by atoms with Crippen LogP contribution in [0.5, 0.6) is 0 Å². The van der Waals surface area contributed by atoms with Gasteiger partial charge in [-0.15, -0.1) is 0 Å². The summed E-state index contributed by atoms with van der Waals surface area (Å²) in [7, 11) is 0. The van der Waals surface area contributed by atoms with Crippen LogP contribution in [0.1, 0.15) is 5.56 Å². The Bertz CT molecular complexity index is 354. The molecule has 2 rings (SSSR count). The Morgan fingerprint density at radius 3 is 1.62 bits per heavy atom. The summed E-state index contributed by atoms with van der Waals surface area (Å²) in [6, 6.07) is 16.0. The number of hydrogen-bond donors (Lipinski definition) is 1. The van der Waals surface area contributed by atoms with Crippen LogP contribution in [0.2, 0.25) is 0 Å². The van der Waals surface area contributed by atoms with Crippen LogP contribution in [-0.2, 0) is 0 Å². The lowest BCUT2D eigenvalue weighted by atomic mass is 10.2. The number of benzene rings is 1. The standard InChI is InChI=1S/C7H8.C5H5N.CHNS/c1-7-5-3-2-4-6-7;1-2-4-6-5-3-1;2-1-3/h2-6H,1H3;1-5H;2H. The first-order chi connectivity index (χ1) is 7.81. The number of aryl methyl sites for hydroxylation is 1. The second kappa shape index (κ2) is 11.2. The first-order valence-electron chi connectivity index (χ1n) is 4.71. The van der Waals surface area contributed by atoms with E-state index in [1.165, 1.54) is 5.56 Å². The molecule has 0 saturated carbocycles. The Morgan fingerprint density at radius 1 is 1.00 bits per heavy atom. The molecule has 0 amide bonds. The fraction of sp³-hybridized carbons (Fsp3) is 0.0769. The highest BCUT2D eigenvalue weighted by Crippen LogP contribution is 1.92. The molecule has 1 heterocycles. The van der Waals surface area contributed by atoms with E-state index in [1.807, 2.05) is 36.4 Å². The zero-order valence-electron chi connectivity index (χ0n) is 9.13. The van der Waals surface area contributed by atoms with Crippen LogP contribution in [-0.4, -0.2) is 10.1 Å². The van der Waals surface area contributed by atoms with Crippen molar-refractivity contribution in [2.75, 3.05) is 0 Å². The molecule has 0 saturated heterocycles. The molecule has 2 nitrogen and oxygen atoms in total. The lowest BCUT2D eigenvalue weighted by Crippen LogP contribution is -1.62. The van der Waals surface area contributed by atoms with Gasteiger partial charge in [0.1, 0.15) is 0 Å². The second-order valence-electron chi connectivity index (χ2n) is 2.78. The highest BCUT2D eigenvalue weighted by atomic mass is 32.1. The van der Waals surface area contributed by atoms with Crippen molar-refractivity contribution in [3.8, 4) is 0 Å². The second-order valence-corrected chi connectivity index (χ2v) is 2.99. The summed E-state index contributed by atoms with van der Waals surface area (Å²) >= 11 is 3.81. The van der Waals surface area contributed by atoms with Gasteiger partial charge in [-0.05, 0) is 31.3 Å². The van der Waals surface area contributed by atoms with Gasteiger partial charge in [-0.1, -0.05) is 42.0 Å². The van der Waals surface area contributed by atoms with Gasteiger partial charge in [0.25, 0.3) is 0 Å². The first kappa shape index (κ1) is 14.2. The molecule has 0 fully saturated rings. The maximum Gasteiger partial charge on any atom is 0.0554 e. The SMILES string of the molecule is Cc1ccccc1.N=C=S.c1ccncc1. The lowest BCUT2D eigenvalue weighted by molar-refractivity contribution is 1.33. The number of nitrogens with one attached hydrogen (secondary N) is 1. The predicted octanol–water partition coefficient (Wildman–Crippen LogP) is 3.74. The molecule has 1 N–H and O–H groups in total. The molecule has 0 aliphatic rings. The summed E-state index contributed by atoms with van der Waals surface area (Å²) in [5.74, 6) is 0. The van der Waals surface area contributed by atoms with Crippen molar-refractivity contribution in [1.82, 2.24) is 4.98 Å². The zero-order chi connectivity index (χ0) is 12.1. The molecular formula is C13H14N2S. The lowest BCUT2D eigenvalue weighted by Gasteiger charge is -1.82. The van der Waals surface area contributed by atoms with Crippen LogP contribution in [0.25, 0.3) is 0 Å². The van der Waals surface area contributed by atoms with Crippen molar-refractivity contribution in [1.29, 1.82) is 5.41 Å². The van der Waals surface area contributed by atoms with Crippen molar-refractivity contribution in [2.45, 2.75) is 6.92 Å². The summed E-state index contributed by atoms with van der Waals surface area (Å²) in [5, 5.41) is 7.36. The number of thiocarbonyl (C=S) groups is 1. The van der Waals surface area contributed by atoms with Crippen LogP contribution < -0.4 is 0 Å². The van der Waals surface area contributed by atoms with Crippen molar-refractivity contribution in [2.24, 2.45) is 0 Å². The predicted molar refractivity (Wildman–Crippen MR) is 70.7 cm³/mol. The van der Waals surface area contributed by atoms with Gasteiger partial charge in [-0.3, -0.25) is 4.98 Å². The highest BCUT2D eigenvalue weighted by molar-refractivity contribution is 7.78. The summed E-state index contributed by atoms with van der Waals surface area (Å²) in [5.41, 5.74) is 1.32. The van der Waals surface area contributed by atoms with Gasteiger partial charge in [-0.2, -0.15) is 0 Å². The van der Waals surface area contributed by atoms with Gasteiger partial charge in [-0.25, -0.2) is 5.41 Å². The van der Waals surface area contributed by atoms with E-state index in [2.05, 4.69) is 36.3 Å². The largest absolute Gasteiger partial charge is 0.265 e. The molecule has 82 valence electrons. The highest BCUT2D eigenvalue weighted by Gasteiger charge is 1.72. The molecule has 16 heavy (non-hydrogen) atoms. The number of nitrogens with zero attached hydrogens (tertiary/aromatic N) is 1. The number of rotatable bonds is 0. The molecule has 3 heteroatoms. The van der Waals surface area contributed by atoms with Crippen LogP contribution in [0.15, 0.2) is 60.9 Å². The monoisotopic (exact) mass is 230 g/mol. The Kier molecular flexibility index (Phi) is 9.96. The third-order valence-electron chi connectivity index (χ3n) is 1.51. The van der Waals surface area contributed by atoms with Crippen molar-refractivity contribution < 1.29 is 0 Å². The minimum atomic E-state index is 1.32. The molecule has 2 aromatic rings. The smallest absolute Gasteiger partial charge is 0.0554 e. The molecule has 0 aliphatic heterocycles. The van der Waals surface area contributed by atoms with Crippen molar-refractivity contribution in [3.05, 3.63) is 66.5 Å². The number of pyridine rings is 1. The quantitative estimate of drug-likeness (QED) is 0.553. The van der Waals surface area contributed by atoms with Gasteiger partial charge in [0, 0.05) is 12.4 Å². The average Bonchev–Trinajstić information content (AvgIpc) is 2.34. The van der Waals surface area contributed by atoms with Gasteiger partial charge in [0.2, 0.25) is 0 Å². The van der Waals surface area contributed by atoms with E-state index in [9.17, 15) is 0 Å². The van der Waals surface area contributed by atoms with E-state index in [4.69, 9.17) is 5.41 Å². The van der Waals surface area contributed by atoms with Crippen LogP contribution in [0.4, 0.5) is 0 Å². The van der Waals surface area contributed by atoms with E-state index >= 15 is 0 Å². The molecule has 0 atom stereocenters. The van der Waals surface area contributed by atoms with Crippen LogP contribution in [0, 0.1) is 12.3 Å². The Morgan fingerprint density at radius 2 is 1.44 bits per heavy atom. The molecule has 0 spiro atoms. The van der Waals surface area contributed by atoms with E-state index in [1.54, 1.807) is 17.6 Å². The molecule has 0 aliphatic carbocycles. The molecule has 1 aromatic carbocycles. The zero-order valence-corrected chi connectivity index (χ0v) is 9.95. The maximum absolute atomic E-state index is 5.77. The van der Waals surface area contributed by atoms with Gasteiger partial charge in [0.05, 0.1) is 5.16 Å². The van der Waals surface area contributed by atoms with Crippen molar-refractivity contribution in [3.63, 3.8) is 0 Å². The number of hydrogen-bond acceptors (Lipinski definition) is 3. The van der Waals surface area contributed by atoms with E-state index in [-0.39, 0.29) is 0 Å².